The summed E-state index contributed by atoms with van der Waals surface area (Å²) in [4.78, 5) is 14.3. The van der Waals surface area contributed by atoms with Crippen LogP contribution < -0.4 is 0 Å². The molecule has 0 aromatic heterocycles. The first-order valence-corrected chi connectivity index (χ1v) is 4.22. The van der Waals surface area contributed by atoms with Gasteiger partial charge in [0.1, 0.15) is 11.5 Å². The van der Waals surface area contributed by atoms with E-state index in [1.807, 2.05) is 0 Å². The van der Waals surface area contributed by atoms with Gasteiger partial charge in [-0.2, -0.15) is 0 Å². The van der Waals surface area contributed by atoms with E-state index < -0.39 is 8.25 Å². The molecule has 1 aromatic carbocycles. The fraction of sp³-hybridized carbons (Fsp3) is 0. The van der Waals surface area contributed by atoms with E-state index in [9.17, 15) is 0 Å². The number of hydrogen-bond donors (Lipinski definition) is 4. The van der Waals surface area contributed by atoms with Gasteiger partial charge in [-0.3, -0.25) is 4.57 Å². The Morgan fingerprint density at radius 2 is 1.08 bits per heavy atom. The lowest BCUT2D eigenvalue weighted by Gasteiger charge is -1.88. The molecule has 0 aliphatic heterocycles. The number of phenolic OH excluding ortho intramolecular Hbond substituents is 2. The fourth-order valence-corrected chi connectivity index (χ4v) is 0.453. The van der Waals surface area contributed by atoms with Crippen LogP contribution in [0, 0.1) is 0 Å². The summed E-state index contributed by atoms with van der Waals surface area (Å²) in [5, 5.41) is 17.3. The number of benzene rings is 1. The van der Waals surface area contributed by atoms with Gasteiger partial charge in [0.15, 0.2) is 0 Å². The first-order valence-electron chi connectivity index (χ1n) is 2.92. The molecule has 1 aromatic rings. The van der Waals surface area contributed by atoms with Crippen molar-refractivity contribution >= 4 is 8.25 Å². The Bertz CT molecular complexity index is 220. The highest BCUT2D eigenvalue weighted by Crippen LogP contribution is 2.13. The smallest absolute Gasteiger partial charge is 0.314 e. The zero-order valence-electron chi connectivity index (χ0n) is 6.01. The lowest BCUT2D eigenvalue weighted by atomic mass is 10.3. The van der Waals surface area contributed by atoms with Crippen molar-refractivity contribution in [3.05, 3.63) is 24.3 Å². The van der Waals surface area contributed by atoms with Gasteiger partial charge in [0.25, 0.3) is 0 Å². The second kappa shape index (κ2) is 5.60. The summed E-state index contributed by atoms with van der Waals surface area (Å²) in [5.41, 5.74) is 0. The Balaban J connectivity index is 0.000000261. The maximum Gasteiger partial charge on any atom is 0.314 e. The summed E-state index contributed by atoms with van der Waals surface area (Å²) >= 11 is 0. The highest BCUT2D eigenvalue weighted by molar-refractivity contribution is 7.30. The Hall–Kier alpha value is -1.03. The number of aromatic hydroxyl groups is 2. The van der Waals surface area contributed by atoms with Crippen LogP contribution >= 0.6 is 8.25 Å². The van der Waals surface area contributed by atoms with Crippen LogP contribution in [0.4, 0.5) is 0 Å². The van der Waals surface area contributed by atoms with E-state index in [2.05, 4.69) is 0 Å². The number of phenols is 2. The normalized spacial score (nSPS) is 8.92. The first-order chi connectivity index (χ1) is 5.52. The molecule has 0 radical (unpaired) electrons. The van der Waals surface area contributed by atoms with E-state index in [1.54, 1.807) is 0 Å². The molecule has 0 unspecified atom stereocenters. The van der Waals surface area contributed by atoms with Crippen molar-refractivity contribution in [2.75, 3.05) is 0 Å². The van der Waals surface area contributed by atoms with E-state index in [0.717, 1.165) is 0 Å². The van der Waals surface area contributed by atoms with Crippen LogP contribution in [0.25, 0.3) is 0 Å². The minimum absolute atomic E-state index is 0.169. The quantitative estimate of drug-likeness (QED) is 0.353. The largest absolute Gasteiger partial charge is 0.508 e. The third-order valence-electron chi connectivity index (χ3n) is 0.850. The second-order valence-corrected chi connectivity index (χ2v) is 2.36. The summed E-state index contributed by atoms with van der Waals surface area (Å²) in [5.74, 6) is 0.339. The third-order valence-corrected chi connectivity index (χ3v) is 0.850. The standard InChI is InChI=1S/C6H6O2.H3O3P/c7-5-1-2-6(8)4-3-5;1-4(2)3/h1-4,7-8H;4H,(H2,1,2,3). The van der Waals surface area contributed by atoms with Gasteiger partial charge in [0.2, 0.25) is 0 Å². The van der Waals surface area contributed by atoms with Gasteiger partial charge in [-0.15, -0.1) is 0 Å². The summed E-state index contributed by atoms with van der Waals surface area (Å²) in [6.45, 7) is 0. The Kier molecular flexibility index (Phi) is 5.12. The Labute approximate surface area is 69.5 Å². The fourth-order valence-electron chi connectivity index (χ4n) is 0.453. The van der Waals surface area contributed by atoms with Crippen LogP contribution in [0.2, 0.25) is 0 Å². The van der Waals surface area contributed by atoms with Gasteiger partial charge in [-0.25, -0.2) is 0 Å². The third kappa shape index (κ3) is 7.08. The number of rotatable bonds is 0. The second-order valence-electron chi connectivity index (χ2n) is 1.80. The van der Waals surface area contributed by atoms with Crippen LogP contribution in [0.5, 0.6) is 11.5 Å². The molecule has 0 bridgehead atoms. The van der Waals surface area contributed by atoms with Crippen molar-refractivity contribution in [3.8, 4) is 11.5 Å². The molecule has 68 valence electrons. The van der Waals surface area contributed by atoms with Crippen LogP contribution in [-0.2, 0) is 4.57 Å². The topological polar surface area (TPSA) is 98.0 Å². The average molecular weight is 192 g/mol. The summed E-state index contributed by atoms with van der Waals surface area (Å²) in [6, 6.07) is 5.70. The molecule has 0 aliphatic rings. The molecular formula is C6H9O5P. The van der Waals surface area contributed by atoms with Crippen molar-refractivity contribution in [1.82, 2.24) is 0 Å². The van der Waals surface area contributed by atoms with Crippen molar-refractivity contribution in [1.29, 1.82) is 0 Å². The van der Waals surface area contributed by atoms with Crippen LogP contribution in [0.3, 0.4) is 0 Å². The van der Waals surface area contributed by atoms with E-state index in [4.69, 9.17) is 24.6 Å². The molecule has 0 heterocycles. The molecule has 0 fully saturated rings. The lowest BCUT2D eigenvalue weighted by molar-refractivity contribution is 0.405. The molecular weight excluding hydrogens is 183 g/mol. The van der Waals surface area contributed by atoms with Crippen molar-refractivity contribution in [2.45, 2.75) is 0 Å². The van der Waals surface area contributed by atoms with Gasteiger partial charge in [0, 0.05) is 0 Å². The summed E-state index contributed by atoms with van der Waals surface area (Å²) < 4.78 is 8.74. The maximum atomic E-state index is 8.74. The van der Waals surface area contributed by atoms with Gasteiger partial charge >= 0.3 is 8.25 Å². The molecule has 1 rings (SSSR count). The molecule has 0 aliphatic carbocycles. The van der Waals surface area contributed by atoms with Gasteiger partial charge in [0.05, 0.1) is 0 Å². The monoisotopic (exact) mass is 192 g/mol. The minimum Gasteiger partial charge on any atom is -0.508 e. The molecule has 4 N–H and O–H groups in total. The molecule has 0 saturated carbocycles. The maximum absolute atomic E-state index is 8.74. The molecule has 0 saturated heterocycles. The highest BCUT2D eigenvalue weighted by atomic mass is 31.1. The van der Waals surface area contributed by atoms with Crippen molar-refractivity contribution < 1.29 is 24.6 Å². The molecule has 6 heteroatoms. The molecule has 12 heavy (non-hydrogen) atoms. The van der Waals surface area contributed by atoms with Gasteiger partial charge in [-0.1, -0.05) is 0 Å². The molecule has 5 nitrogen and oxygen atoms in total. The zero-order valence-corrected chi connectivity index (χ0v) is 7.01. The minimum atomic E-state index is -3.13. The molecule has 0 spiro atoms. The van der Waals surface area contributed by atoms with E-state index in [1.165, 1.54) is 24.3 Å². The lowest BCUT2D eigenvalue weighted by Crippen LogP contribution is -1.61. The van der Waals surface area contributed by atoms with E-state index >= 15 is 0 Å². The van der Waals surface area contributed by atoms with Crippen LogP contribution in [-0.4, -0.2) is 20.0 Å². The average Bonchev–Trinajstić information content (AvgIpc) is 1.94. The first kappa shape index (κ1) is 11.0. The van der Waals surface area contributed by atoms with Crippen LogP contribution in [0.1, 0.15) is 0 Å². The molecule has 0 atom stereocenters. The van der Waals surface area contributed by atoms with Gasteiger partial charge < -0.3 is 20.0 Å². The Morgan fingerprint density at radius 1 is 0.917 bits per heavy atom. The number of hydrogen-bond acceptors (Lipinski definition) is 3. The SMILES string of the molecule is O=[PH](O)O.Oc1ccc(O)cc1. The molecule has 0 amide bonds. The van der Waals surface area contributed by atoms with E-state index in [-0.39, 0.29) is 11.5 Å². The summed E-state index contributed by atoms with van der Waals surface area (Å²) in [7, 11) is -3.13. The van der Waals surface area contributed by atoms with E-state index in [0.29, 0.717) is 0 Å². The summed E-state index contributed by atoms with van der Waals surface area (Å²) in [6.07, 6.45) is 0. The highest BCUT2D eigenvalue weighted by Gasteiger charge is 1.84. The predicted octanol–water partition coefficient (Wildman–Crippen LogP) is 0.458. The van der Waals surface area contributed by atoms with Gasteiger partial charge in [-0.05, 0) is 24.3 Å². The Morgan fingerprint density at radius 3 is 1.25 bits per heavy atom. The van der Waals surface area contributed by atoms with Crippen molar-refractivity contribution in [3.63, 3.8) is 0 Å². The zero-order chi connectivity index (χ0) is 9.56. The van der Waals surface area contributed by atoms with Crippen molar-refractivity contribution in [2.24, 2.45) is 0 Å². The van der Waals surface area contributed by atoms with Crippen LogP contribution in [0.15, 0.2) is 24.3 Å². The predicted molar refractivity (Wildman–Crippen MR) is 43.2 cm³/mol.